The van der Waals surface area contributed by atoms with Crippen LogP contribution in [0.2, 0.25) is 5.02 Å². The predicted molar refractivity (Wildman–Crippen MR) is 107 cm³/mol. The number of rotatable bonds is 8. The lowest BCUT2D eigenvalue weighted by molar-refractivity contribution is -0.160. The van der Waals surface area contributed by atoms with Gasteiger partial charge in [0.15, 0.2) is 0 Å². The van der Waals surface area contributed by atoms with Crippen molar-refractivity contribution in [1.29, 1.82) is 0 Å². The molecule has 0 unspecified atom stereocenters. The third-order valence-corrected chi connectivity index (χ3v) is 8.29. The summed E-state index contributed by atoms with van der Waals surface area (Å²) in [5.74, 6) is 2.86. The first kappa shape index (κ1) is 20.3. The first-order valence-electron chi connectivity index (χ1n) is 9.89. The second-order valence-corrected chi connectivity index (χ2v) is 10.6. The van der Waals surface area contributed by atoms with Gasteiger partial charge in [-0.1, -0.05) is 11.6 Å². The van der Waals surface area contributed by atoms with E-state index in [0.717, 1.165) is 37.0 Å². The molecule has 5 rings (SSSR count). The second kappa shape index (κ2) is 7.67. The van der Waals surface area contributed by atoms with Gasteiger partial charge in [-0.2, -0.15) is 0 Å². The highest BCUT2D eigenvalue weighted by atomic mass is 35.5. The van der Waals surface area contributed by atoms with Crippen LogP contribution >= 0.6 is 11.6 Å². The van der Waals surface area contributed by atoms with E-state index >= 15 is 0 Å². The van der Waals surface area contributed by atoms with E-state index in [1.165, 1.54) is 45.6 Å². The van der Waals surface area contributed by atoms with Gasteiger partial charge >= 0.3 is 0 Å². The van der Waals surface area contributed by atoms with Gasteiger partial charge in [-0.25, -0.2) is 13.1 Å². The molecule has 4 aliphatic rings. The molecule has 4 fully saturated rings. The van der Waals surface area contributed by atoms with Crippen molar-refractivity contribution in [3.63, 3.8) is 0 Å². The van der Waals surface area contributed by atoms with E-state index < -0.39 is 10.0 Å². The summed E-state index contributed by atoms with van der Waals surface area (Å²) in [6, 6.07) is 2.82. The van der Waals surface area contributed by atoms with Gasteiger partial charge in [0, 0.05) is 18.7 Å². The first-order chi connectivity index (χ1) is 13.3. The van der Waals surface area contributed by atoms with Gasteiger partial charge in [-0.05, 0) is 56.3 Å². The van der Waals surface area contributed by atoms with Crippen LogP contribution in [0.15, 0.2) is 17.0 Å². The fraction of sp³-hybridized carbons (Fsp3) is 0.700. The van der Waals surface area contributed by atoms with E-state index in [0.29, 0.717) is 11.6 Å². The van der Waals surface area contributed by atoms with Crippen molar-refractivity contribution < 1.29 is 22.6 Å². The summed E-state index contributed by atoms with van der Waals surface area (Å²) in [6.45, 7) is 0.594. The minimum Gasteiger partial charge on any atom is -0.495 e. The molecule has 0 radical (unpaired) electrons. The third-order valence-electron chi connectivity index (χ3n) is 6.51. The largest absolute Gasteiger partial charge is 0.495 e. The predicted octanol–water partition coefficient (Wildman–Crippen LogP) is 3.62. The smallest absolute Gasteiger partial charge is 0.244 e. The molecule has 0 heterocycles. The van der Waals surface area contributed by atoms with E-state index in [1.54, 1.807) is 0 Å². The highest BCUT2D eigenvalue weighted by Gasteiger charge is 2.51. The van der Waals surface area contributed by atoms with Crippen LogP contribution in [-0.2, 0) is 14.8 Å². The van der Waals surface area contributed by atoms with Crippen molar-refractivity contribution in [3.8, 4) is 11.5 Å². The Labute approximate surface area is 171 Å². The normalized spacial score (nSPS) is 31.2. The van der Waals surface area contributed by atoms with Crippen LogP contribution in [0.25, 0.3) is 0 Å². The standard InChI is InChI=1S/C20H28ClNO5S/c1-25-17-9-19(18(26-2)8-16(17)21)28(23,24)22-3-4-27-20-10-13-5-14(11-20)7-15(6-13)12-20/h8-9,13-15,22H,3-7,10-12H2,1-2H3. The summed E-state index contributed by atoms with van der Waals surface area (Å²) in [4.78, 5) is 0.00561. The number of hydrogen-bond donors (Lipinski definition) is 1. The quantitative estimate of drug-likeness (QED) is 0.639. The lowest BCUT2D eigenvalue weighted by Crippen LogP contribution is -2.52. The molecule has 28 heavy (non-hydrogen) atoms. The molecular formula is C20H28ClNO5S. The number of benzene rings is 1. The van der Waals surface area contributed by atoms with E-state index in [-0.39, 0.29) is 28.5 Å². The SMILES string of the molecule is COc1cc(S(=O)(=O)NCCOC23CC4CC(CC(C4)C2)C3)c(OC)cc1Cl. The molecule has 1 N–H and O–H groups in total. The van der Waals surface area contributed by atoms with Crippen LogP contribution in [-0.4, -0.2) is 41.4 Å². The van der Waals surface area contributed by atoms with E-state index in [9.17, 15) is 8.42 Å². The molecule has 8 heteroatoms. The molecule has 1 aromatic rings. The van der Waals surface area contributed by atoms with E-state index in [4.69, 9.17) is 25.8 Å². The highest BCUT2D eigenvalue weighted by Crippen LogP contribution is 2.57. The minimum atomic E-state index is -3.77. The van der Waals surface area contributed by atoms with Crippen molar-refractivity contribution in [2.75, 3.05) is 27.4 Å². The number of ether oxygens (including phenoxy) is 3. The van der Waals surface area contributed by atoms with Crippen molar-refractivity contribution >= 4 is 21.6 Å². The second-order valence-electron chi connectivity index (χ2n) is 8.48. The van der Waals surface area contributed by atoms with E-state index in [1.807, 2.05) is 0 Å². The molecule has 0 amide bonds. The summed E-state index contributed by atoms with van der Waals surface area (Å²) in [7, 11) is -0.923. The summed E-state index contributed by atoms with van der Waals surface area (Å²) in [6.07, 6.45) is 7.46. The average Bonchev–Trinajstić information content (AvgIpc) is 2.63. The Morgan fingerprint density at radius 3 is 2.14 bits per heavy atom. The summed E-state index contributed by atoms with van der Waals surface area (Å²) in [5.41, 5.74) is -0.0264. The maximum atomic E-state index is 12.8. The van der Waals surface area contributed by atoms with Crippen molar-refractivity contribution in [2.45, 2.75) is 49.0 Å². The molecule has 4 bridgehead atoms. The molecule has 0 aliphatic heterocycles. The van der Waals surface area contributed by atoms with Gasteiger partial charge in [0.2, 0.25) is 10.0 Å². The number of halogens is 1. The van der Waals surface area contributed by atoms with Crippen molar-refractivity contribution in [1.82, 2.24) is 4.72 Å². The maximum Gasteiger partial charge on any atom is 0.244 e. The van der Waals surface area contributed by atoms with Crippen LogP contribution in [0.1, 0.15) is 38.5 Å². The molecule has 1 aromatic carbocycles. The van der Waals surface area contributed by atoms with Crippen LogP contribution in [0.4, 0.5) is 0 Å². The lowest BCUT2D eigenvalue weighted by atomic mass is 9.54. The summed E-state index contributed by atoms with van der Waals surface area (Å²) in [5, 5.41) is 0.295. The third kappa shape index (κ3) is 3.86. The zero-order chi connectivity index (χ0) is 19.9. The Balaban J connectivity index is 1.38. The first-order valence-corrected chi connectivity index (χ1v) is 11.8. The molecule has 0 spiro atoms. The van der Waals surface area contributed by atoms with Crippen molar-refractivity contribution in [2.24, 2.45) is 17.8 Å². The molecule has 0 aromatic heterocycles. The molecule has 6 nitrogen and oxygen atoms in total. The molecule has 0 saturated heterocycles. The van der Waals surface area contributed by atoms with E-state index in [2.05, 4.69) is 4.72 Å². The van der Waals surface area contributed by atoms with Gasteiger partial charge in [0.1, 0.15) is 16.4 Å². The molecule has 0 atom stereocenters. The number of nitrogens with one attached hydrogen (secondary N) is 1. The average molecular weight is 430 g/mol. The summed E-state index contributed by atoms with van der Waals surface area (Å²) >= 11 is 6.07. The van der Waals surface area contributed by atoms with Gasteiger partial charge < -0.3 is 14.2 Å². The van der Waals surface area contributed by atoms with Crippen LogP contribution in [0, 0.1) is 17.8 Å². The van der Waals surface area contributed by atoms with Gasteiger partial charge in [0.05, 0.1) is 31.5 Å². The van der Waals surface area contributed by atoms with Crippen LogP contribution in [0.3, 0.4) is 0 Å². The van der Waals surface area contributed by atoms with Gasteiger partial charge in [-0.15, -0.1) is 0 Å². The Kier molecular flexibility index (Phi) is 5.55. The molecule has 156 valence electrons. The fourth-order valence-electron chi connectivity index (χ4n) is 5.77. The number of hydrogen-bond acceptors (Lipinski definition) is 5. The summed E-state index contributed by atoms with van der Waals surface area (Å²) < 4.78 is 44.8. The Morgan fingerprint density at radius 1 is 1.04 bits per heavy atom. The molecule has 4 saturated carbocycles. The number of methoxy groups -OCH3 is 2. The Hall–Kier alpha value is -1.02. The lowest BCUT2D eigenvalue weighted by Gasteiger charge is -2.56. The number of sulfonamides is 1. The maximum absolute atomic E-state index is 12.8. The Bertz CT molecular complexity index is 806. The van der Waals surface area contributed by atoms with Crippen LogP contribution < -0.4 is 14.2 Å². The van der Waals surface area contributed by atoms with Crippen molar-refractivity contribution in [3.05, 3.63) is 17.2 Å². The molecular weight excluding hydrogens is 402 g/mol. The van der Waals surface area contributed by atoms with Gasteiger partial charge in [0.25, 0.3) is 0 Å². The molecule has 4 aliphatic carbocycles. The zero-order valence-corrected chi connectivity index (χ0v) is 17.9. The zero-order valence-electron chi connectivity index (χ0n) is 16.4. The monoisotopic (exact) mass is 429 g/mol. The minimum absolute atomic E-state index is 0.00561. The van der Waals surface area contributed by atoms with Crippen LogP contribution in [0.5, 0.6) is 11.5 Å². The fourth-order valence-corrected chi connectivity index (χ4v) is 7.18. The Morgan fingerprint density at radius 2 is 1.61 bits per heavy atom. The topological polar surface area (TPSA) is 73.9 Å². The van der Waals surface area contributed by atoms with Gasteiger partial charge in [-0.3, -0.25) is 0 Å². The highest BCUT2D eigenvalue weighted by molar-refractivity contribution is 7.89.